The van der Waals surface area contributed by atoms with E-state index in [4.69, 9.17) is 9.15 Å². The van der Waals surface area contributed by atoms with Crippen LogP contribution in [0, 0.1) is 6.92 Å². The summed E-state index contributed by atoms with van der Waals surface area (Å²) in [6.07, 6.45) is 6.44. The van der Waals surface area contributed by atoms with Crippen LogP contribution in [0.15, 0.2) is 33.5 Å². The van der Waals surface area contributed by atoms with Crippen molar-refractivity contribution in [2.75, 3.05) is 32.8 Å². The normalized spacial score (nSPS) is 20.8. The zero-order chi connectivity index (χ0) is 18.7. The van der Waals surface area contributed by atoms with Gasteiger partial charge in [-0.3, -0.25) is 4.90 Å². The monoisotopic (exact) mass is 370 g/mol. The van der Waals surface area contributed by atoms with E-state index in [0.717, 1.165) is 49.4 Å². The predicted molar refractivity (Wildman–Crippen MR) is 107 cm³/mol. The zero-order valence-corrected chi connectivity index (χ0v) is 16.3. The highest BCUT2D eigenvalue weighted by molar-refractivity contribution is 5.80. The van der Waals surface area contributed by atoms with Crippen LogP contribution in [-0.4, -0.2) is 43.3 Å². The van der Waals surface area contributed by atoms with Crippen molar-refractivity contribution in [3.05, 3.63) is 45.8 Å². The molecule has 1 saturated heterocycles. The lowest BCUT2D eigenvalue weighted by molar-refractivity contribution is -0.0369. The molecule has 5 nitrogen and oxygen atoms in total. The summed E-state index contributed by atoms with van der Waals surface area (Å²) in [5, 5.41) is 4.71. The van der Waals surface area contributed by atoms with Crippen molar-refractivity contribution in [2.24, 2.45) is 0 Å². The number of hydrogen-bond donors (Lipinski definition) is 1. The van der Waals surface area contributed by atoms with Crippen LogP contribution in [0.3, 0.4) is 0 Å². The van der Waals surface area contributed by atoms with E-state index in [2.05, 4.69) is 22.3 Å². The van der Waals surface area contributed by atoms with E-state index in [-0.39, 0.29) is 11.2 Å². The molecule has 0 radical (unpaired) electrons. The minimum absolute atomic E-state index is 0.230. The molecule has 2 aliphatic rings. The van der Waals surface area contributed by atoms with Crippen LogP contribution in [0.2, 0.25) is 0 Å². The van der Waals surface area contributed by atoms with Crippen LogP contribution in [0.5, 0.6) is 0 Å². The SMILES string of the molecule is Cc1ccc2c(CNCC3(N4CCOCC4)CCCCC3)cc(=O)oc2c1. The van der Waals surface area contributed by atoms with Crippen molar-refractivity contribution < 1.29 is 9.15 Å². The van der Waals surface area contributed by atoms with Crippen molar-refractivity contribution >= 4 is 11.0 Å². The average Bonchev–Trinajstić information content (AvgIpc) is 2.69. The molecule has 4 rings (SSSR count). The van der Waals surface area contributed by atoms with Gasteiger partial charge in [0, 0.05) is 43.2 Å². The van der Waals surface area contributed by atoms with Gasteiger partial charge in [0.05, 0.1) is 13.2 Å². The standard InChI is InChI=1S/C22H30N2O3/c1-17-5-6-19-18(14-21(25)27-20(19)13-17)15-23-16-22(7-3-2-4-8-22)24-9-11-26-12-10-24/h5-6,13-14,23H,2-4,7-12,15-16H2,1H3. The van der Waals surface area contributed by atoms with Gasteiger partial charge in [-0.1, -0.05) is 31.4 Å². The van der Waals surface area contributed by atoms with Crippen molar-refractivity contribution in [1.29, 1.82) is 0 Å². The Morgan fingerprint density at radius 3 is 2.67 bits per heavy atom. The number of fused-ring (bicyclic) bond motifs is 1. The number of ether oxygens (including phenoxy) is 1. The van der Waals surface area contributed by atoms with Crippen molar-refractivity contribution in [3.63, 3.8) is 0 Å². The third kappa shape index (κ3) is 4.10. The number of benzene rings is 1. The highest BCUT2D eigenvalue weighted by atomic mass is 16.5. The Hall–Kier alpha value is -1.69. The first-order chi connectivity index (χ1) is 13.2. The number of nitrogens with one attached hydrogen (secondary N) is 1. The van der Waals surface area contributed by atoms with Crippen LogP contribution in [0.1, 0.15) is 43.2 Å². The maximum absolute atomic E-state index is 12.0. The van der Waals surface area contributed by atoms with Gasteiger partial charge in [0.25, 0.3) is 0 Å². The quantitative estimate of drug-likeness (QED) is 0.819. The van der Waals surface area contributed by atoms with Gasteiger partial charge >= 0.3 is 5.63 Å². The molecule has 1 aliphatic carbocycles. The number of nitrogens with zero attached hydrogens (tertiary/aromatic N) is 1. The van der Waals surface area contributed by atoms with E-state index in [1.807, 2.05) is 13.0 Å². The maximum atomic E-state index is 12.0. The predicted octanol–water partition coefficient (Wildman–Crippen LogP) is 3.23. The molecule has 0 unspecified atom stereocenters. The van der Waals surface area contributed by atoms with Gasteiger partial charge < -0.3 is 14.5 Å². The molecule has 2 heterocycles. The number of rotatable bonds is 5. The topological polar surface area (TPSA) is 54.7 Å². The molecular weight excluding hydrogens is 340 g/mol. The smallest absolute Gasteiger partial charge is 0.336 e. The van der Waals surface area contributed by atoms with Crippen molar-refractivity contribution in [2.45, 2.75) is 51.1 Å². The second kappa shape index (κ2) is 8.13. The largest absolute Gasteiger partial charge is 0.423 e. The van der Waals surface area contributed by atoms with Crippen LogP contribution >= 0.6 is 0 Å². The minimum Gasteiger partial charge on any atom is -0.423 e. The van der Waals surface area contributed by atoms with Crippen molar-refractivity contribution in [3.8, 4) is 0 Å². The highest BCUT2D eigenvalue weighted by Gasteiger charge is 2.38. The summed E-state index contributed by atoms with van der Waals surface area (Å²) < 4.78 is 11.0. The van der Waals surface area contributed by atoms with Gasteiger partial charge in [0.15, 0.2) is 0 Å². The molecule has 1 aromatic carbocycles. The Balaban J connectivity index is 1.50. The van der Waals surface area contributed by atoms with E-state index in [9.17, 15) is 4.79 Å². The fourth-order valence-electron chi connectivity index (χ4n) is 4.77. The molecule has 146 valence electrons. The molecular formula is C22H30N2O3. The van der Waals surface area contributed by atoms with Gasteiger partial charge in [-0.25, -0.2) is 4.79 Å². The van der Waals surface area contributed by atoms with Crippen LogP contribution in [0.4, 0.5) is 0 Å². The molecule has 0 spiro atoms. The second-order valence-electron chi connectivity index (χ2n) is 8.08. The minimum atomic E-state index is -0.273. The van der Waals surface area contributed by atoms with E-state index in [1.165, 1.54) is 32.1 Å². The van der Waals surface area contributed by atoms with E-state index in [0.29, 0.717) is 12.1 Å². The van der Waals surface area contributed by atoms with E-state index >= 15 is 0 Å². The van der Waals surface area contributed by atoms with E-state index in [1.54, 1.807) is 6.07 Å². The molecule has 2 fully saturated rings. The Bertz CT molecular complexity index is 833. The molecule has 1 aliphatic heterocycles. The molecule has 2 aromatic rings. The summed E-state index contributed by atoms with van der Waals surface area (Å²) in [5.74, 6) is 0. The third-order valence-electron chi connectivity index (χ3n) is 6.22. The highest BCUT2D eigenvalue weighted by Crippen LogP contribution is 2.34. The number of aryl methyl sites for hydroxylation is 1. The fourth-order valence-corrected chi connectivity index (χ4v) is 4.77. The lowest BCUT2D eigenvalue weighted by Gasteiger charge is -2.48. The first-order valence-electron chi connectivity index (χ1n) is 10.2. The molecule has 0 atom stereocenters. The van der Waals surface area contributed by atoms with Crippen LogP contribution in [0.25, 0.3) is 11.0 Å². The Labute approximate surface area is 160 Å². The van der Waals surface area contributed by atoms with Gasteiger partial charge in [0.1, 0.15) is 5.58 Å². The molecule has 1 N–H and O–H groups in total. The average molecular weight is 370 g/mol. The number of morpholine rings is 1. The molecule has 5 heteroatoms. The lowest BCUT2D eigenvalue weighted by Crippen LogP contribution is -2.59. The summed E-state index contributed by atoms with van der Waals surface area (Å²) in [7, 11) is 0. The Morgan fingerprint density at radius 2 is 1.89 bits per heavy atom. The first-order valence-corrected chi connectivity index (χ1v) is 10.2. The fraction of sp³-hybridized carbons (Fsp3) is 0.591. The second-order valence-corrected chi connectivity index (χ2v) is 8.08. The molecule has 1 aromatic heterocycles. The summed E-state index contributed by atoms with van der Waals surface area (Å²) in [6, 6.07) is 7.70. The van der Waals surface area contributed by atoms with Crippen LogP contribution in [-0.2, 0) is 11.3 Å². The summed E-state index contributed by atoms with van der Waals surface area (Å²) in [5.41, 5.74) is 2.76. The summed E-state index contributed by atoms with van der Waals surface area (Å²) in [6.45, 7) is 7.39. The van der Waals surface area contributed by atoms with Crippen LogP contribution < -0.4 is 10.9 Å². The van der Waals surface area contributed by atoms with Crippen molar-refractivity contribution in [1.82, 2.24) is 10.2 Å². The van der Waals surface area contributed by atoms with Gasteiger partial charge in [-0.15, -0.1) is 0 Å². The van der Waals surface area contributed by atoms with Gasteiger partial charge in [-0.05, 0) is 37.0 Å². The molecule has 0 bridgehead atoms. The Morgan fingerprint density at radius 1 is 1.11 bits per heavy atom. The third-order valence-corrected chi connectivity index (χ3v) is 6.22. The van der Waals surface area contributed by atoms with Gasteiger partial charge in [0.2, 0.25) is 0 Å². The summed E-state index contributed by atoms with van der Waals surface area (Å²) >= 11 is 0. The summed E-state index contributed by atoms with van der Waals surface area (Å²) in [4.78, 5) is 14.6. The maximum Gasteiger partial charge on any atom is 0.336 e. The zero-order valence-electron chi connectivity index (χ0n) is 16.3. The van der Waals surface area contributed by atoms with Gasteiger partial charge in [-0.2, -0.15) is 0 Å². The first kappa shape index (κ1) is 18.7. The molecule has 0 amide bonds. The molecule has 1 saturated carbocycles. The number of hydrogen-bond acceptors (Lipinski definition) is 5. The Kier molecular flexibility index (Phi) is 5.62. The molecule has 27 heavy (non-hydrogen) atoms. The lowest BCUT2D eigenvalue weighted by atomic mass is 9.79. The van der Waals surface area contributed by atoms with E-state index < -0.39 is 0 Å².